The zero-order chi connectivity index (χ0) is 15.2. The van der Waals surface area contributed by atoms with E-state index in [1.807, 2.05) is 5.10 Å². The van der Waals surface area contributed by atoms with Gasteiger partial charge in [-0.25, -0.2) is 17.9 Å². The fourth-order valence-corrected chi connectivity index (χ4v) is 1.90. The Hall–Kier alpha value is -1.77. The molecule has 9 heteroatoms. The minimum atomic E-state index is -4.72. The number of nitrogens with zero attached hydrogens (tertiary/aromatic N) is 1. The van der Waals surface area contributed by atoms with Gasteiger partial charge in [0.05, 0.1) is 0 Å². The Kier molecular flexibility index (Phi) is 3.41. The maximum atomic E-state index is 13.6. The van der Waals surface area contributed by atoms with E-state index in [0.717, 1.165) is 6.92 Å². The molecular weight excluding hydrogens is 306 g/mol. The number of nitrogens with one attached hydrogen (secondary N) is 1. The Balaban J connectivity index is 2.72. The smallest absolute Gasteiger partial charge is 0.288 e. The predicted molar refractivity (Wildman–Crippen MR) is 60.6 cm³/mol. The first-order valence-electron chi connectivity index (χ1n) is 5.16. The number of H-pyrrole nitrogens is 1. The second-order valence-corrected chi connectivity index (χ2v) is 4.35. The highest BCUT2D eigenvalue weighted by Crippen LogP contribution is 2.32. The van der Waals surface area contributed by atoms with Gasteiger partial charge in [0, 0.05) is 17.7 Å². The van der Waals surface area contributed by atoms with Crippen LogP contribution < -0.4 is 0 Å². The van der Waals surface area contributed by atoms with Crippen molar-refractivity contribution in [3.05, 3.63) is 45.5 Å². The molecule has 2 rings (SSSR count). The van der Waals surface area contributed by atoms with E-state index < -0.39 is 35.0 Å². The normalized spacial score (nSPS) is 11.9. The minimum Gasteiger partial charge on any atom is -0.288 e. The first-order chi connectivity index (χ1) is 9.12. The highest BCUT2D eigenvalue weighted by molar-refractivity contribution is 7.71. The van der Waals surface area contributed by atoms with Crippen molar-refractivity contribution in [2.24, 2.45) is 0 Å². The fraction of sp³-hybridized carbons (Fsp3) is 0.182. The van der Waals surface area contributed by atoms with Gasteiger partial charge in [-0.15, -0.1) is 0 Å². The lowest BCUT2D eigenvalue weighted by atomic mass is 10.2. The zero-order valence-electron chi connectivity index (χ0n) is 9.78. The van der Waals surface area contributed by atoms with Crippen molar-refractivity contribution in [3.63, 3.8) is 0 Å². The van der Waals surface area contributed by atoms with Crippen LogP contribution in [0, 0.1) is 29.0 Å². The van der Waals surface area contributed by atoms with E-state index in [9.17, 15) is 26.3 Å². The van der Waals surface area contributed by atoms with Gasteiger partial charge in [-0.2, -0.15) is 13.2 Å². The fourth-order valence-electron chi connectivity index (χ4n) is 1.65. The monoisotopic (exact) mass is 312 g/mol. The molecule has 1 aromatic carbocycles. The van der Waals surface area contributed by atoms with Crippen LogP contribution in [0.3, 0.4) is 0 Å². The molecule has 0 aliphatic rings. The summed E-state index contributed by atoms with van der Waals surface area (Å²) in [6.07, 6.45) is -4.72. The molecule has 0 aliphatic heterocycles. The molecule has 2 nitrogen and oxygen atoms in total. The lowest BCUT2D eigenvalue weighted by Gasteiger charge is -2.07. The molecule has 1 aromatic heterocycles. The molecule has 0 saturated heterocycles. The number of hydrogen-bond donors (Lipinski definition) is 1. The van der Waals surface area contributed by atoms with Gasteiger partial charge in [-0.1, -0.05) is 12.2 Å². The van der Waals surface area contributed by atoms with Crippen LogP contribution >= 0.6 is 12.2 Å². The zero-order valence-corrected chi connectivity index (χ0v) is 10.6. The van der Waals surface area contributed by atoms with E-state index in [0.29, 0.717) is 10.7 Å². The van der Waals surface area contributed by atoms with Crippen LogP contribution in [0.15, 0.2) is 12.1 Å². The van der Waals surface area contributed by atoms with Crippen LogP contribution in [0.4, 0.5) is 26.3 Å². The van der Waals surface area contributed by atoms with Crippen molar-refractivity contribution in [2.45, 2.75) is 13.1 Å². The van der Waals surface area contributed by atoms with Crippen LogP contribution in [-0.2, 0) is 6.18 Å². The number of aromatic nitrogens is 2. The van der Waals surface area contributed by atoms with E-state index >= 15 is 0 Å². The molecule has 1 N–H and O–H groups in total. The summed E-state index contributed by atoms with van der Waals surface area (Å²) in [6.45, 7) is 1.09. The quantitative estimate of drug-likeness (QED) is 0.473. The van der Waals surface area contributed by atoms with Crippen LogP contribution in [-0.4, -0.2) is 9.78 Å². The summed E-state index contributed by atoms with van der Waals surface area (Å²) in [5, 5.41) is 1.85. The van der Waals surface area contributed by atoms with Gasteiger partial charge in [-0.3, -0.25) is 5.10 Å². The van der Waals surface area contributed by atoms with Gasteiger partial charge >= 0.3 is 6.18 Å². The lowest BCUT2D eigenvalue weighted by molar-refractivity contribution is -0.141. The second-order valence-electron chi connectivity index (χ2n) is 3.97. The van der Waals surface area contributed by atoms with Crippen LogP contribution in [0.1, 0.15) is 11.3 Å². The van der Waals surface area contributed by atoms with Crippen molar-refractivity contribution in [1.82, 2.24) is 9.78 Å². The molecule has 0 radical (unpaired) electrons. The topological polar surface area (TPSA) is 20.7 Å². The summed E-state index contributed by atoms with van der Waals surface area (Å²) in [5.41, 5.74) is -2.14. The molecule has 0 saturated carbocycles. The van der Waals surface area contributed by atoms with Crippen molar-refractivity contribution in [2.75, 3.05) is 0 Å². The minimum absolute atomic E-state index is 0.232. The Morgan fingerprint density at radius 3 is 2.10 bits per heavy atom. The van der Waals surface area contributed by atoms with Gasteiger partial charge in [0.15, 0.2) is 17.5 Å². The van der Waals surface area contributed by atoms with Crippen molar-refractivity contribution >= 4 is 12.2 Å². The molecular formula is C11H6F6N2S. The van der Waals surface area contributed by atoms with Crippen molar-refractivity contribution in [3.8, 4) is 5.69 Å². The molecule has 0 bridgehead atoms. The van der Waals surface area contributed by atoms with Crippen LogP contribution in [0.2, 0.25) is 0 Å². The molecule has 0 spiro atoms. The van der Waals surface area contributed by atoms with E-state index in [1.54, 1.807) is 0 Å². The molecule has 0 fully saturated rings. The molecule has 20 heavy (non-hydrogen) atoms. The molecule has 0 amide bonds. The third-order valence-corrected chi connectivity index (χ3v) is 3.13. The Bertz CT molecular complexity index is 728. The van der Waals surface area contributed by atoms with Crippen LogP contribution in [0.25, 0.3) is 5.69 Å². The summed E-state index contributed by atoms with van der Waals surface area (Å²) in [7, 11) is 0. The summed E-state index contributed by atoms with van der Waals surface area (Å²) in [5.74, 6) is -4.09. The average molecular weight is 312 g/mol. The standard InChI is InChI=1S/C11H6F6N2S/c1-4-9(11(15,16)17)18-19(10(4)20)8-3-6(13)5(12)2-7(8)14/h2-3,18H,1H3. The number of halogens is 6. The second kappa shape index (κ2) is 4.65. The number of aromatic amines is 1. The number of alkyl halides is 3. The Morgan fingerprint density at radius 1 is 1.05 bits per heavy atom. The van der Waals surface area contributed by atoms with Gasteiger partial charge in [0.2, 0.25) is 0 Å². The molecule has 0 atom stereocenters. The molecule has 1 heterocycles. The van der Waals surface area contributed by atoms with Crippen LogP contribution in [0.5, 0.6) is 0 Å². The van der Waals surface area contributed by atoms with Gasteiger partial charge in [0.1, 0.15) is 16.0 Å². The SMILES string of the molecule is Cc1c(C(F)(F)F)[nH]n(-c2cc(F)c(F)cc2F)c1=S. The summed E-state index contributed by atoms with van der Waals surface area (Å²) in [4.78, 5) is 0. The summed E-state index contributed by atoms with van der Waals surface area (Å²) < 4.78 is 77.7. The Morgan fingerprint density at radius 2 is 1.60 bits per heavy atom. The van der Waals surface area contributed by atoms with E-state index in [1.165, 1.54) is 0 Å². The van der Waals surface area contributed by atoms with E-state index in [2.05, 4.69) is 0 Å². The largest absolute Gasteiger partial charge is 0.433 e. The lowest BCUT2D eigenvalue weighted by Crippen LogP contribution is -2.09. The maximum absolute atomic E-state index is 13.6. The molecule has 0 aliphatic carbocycles. The Labute approximate surface area is 113 Å². The summed E-state index contributed by atoms with van der Waals surface area (Å²) in [6, 6.07) is 0.659. The first kappa shape index (κ1) is 14.6. The predicted octanol–water partition coefficient (Wildman–Crippen LogP) is 4.28. The van der Waals surface area contributed by atoms with Gasteiger partial charge < -0.3 is 0 Å². The van der Waals surface area contributed by atoms with Gasteiger partial charge in [0.25, 0.3) is 0 Å². The highest BCUT2D eigenvalue weighted by Gasteiger charge is 2.36. The number of rotatable bonds is 1. The molecule has 108 valence electrons. The third-order valence-electron chi connectivity index (χ3n) is 2.64. The average Bonchev–Trinajstić information content (AvgIpc) is 2.61. The summed E-state index contributed by atoms with van der Waals surface area (Å²) >= 11 is 4.75. The number of benzene rings is 1. The van der Waals surface area contributed by atoms with E-state index in [4.69, 9.17) is 12.2 Å². The third kappa shape index (κ3) is 2.33. The van der Waals surface area contributed by atoms with Crippen molar-refractivity contribution in [1.29, 1.82) is 0 Å². The van der Waals surface area contributed by atoms with E-state index in [-0.39, 0.29) is 16.3 Å². The maximum Gasteiger partial charge on any atom is 0.433 e. The number of hydrogen-bond acceptors (Lipinski definition) is 1. The van der Waals surface area contributed by atoms with Crippen molar-refractivity contribution < 1.29 is 26.3 Å². The molecule has 2 aromatic rings. The van der Waals surface area contributed by atoms with Gasteiger partial charge in [-0.05, 0) is 6.92 Å². The first-order valence-corrected chi connectivity index (χ1v) is 5.57. The molecule has 0 unspecified atom stereocenters. The highest BCUT2D eigenvalue weighted by atomic mass is 32.1.